The Morgan fingerprint density at radius 1 is 1.26 bits per heavy atom. The highest BCUT2D eigenvalue weighted by molar-refractivity contribution is 5.76. The second-order valence-corrected chi connectivity index (χ2v) is 5.80. The largest absolute Gasteiger partial charge is 0.378 e. The molecule has 2 aliphatic rings. The van der Waals surface area contributed by atoms with E-state index in [0.717, 1.165) is 51.9 Å². The van der Waals surface area contributed by atoms with Crippen molar-refractivity contribution in [1.82, 2.24) is 10.2 Å². The van der Waals surface area contributed by atoms with Gasteiger partial charge in [-0.25, -0.2) is 0 Å². The smallest absolute Gasteiger partial charge is 0.225 e. The van der Waals surface area contributed by atoms with E-state index in [-0.39, 0.29) is 6.10 Å². The molecule has 2 rings (SSSR count). The Morgan fingerprint density at radius 2 is 2.05 bits per heavy atom. The van der Waals surface area contributed by atoms with Gasteiger partial charge in [0.15, 0.2) is 0 Å². The van der Waals surface area contributed by atoms with Crippen LogP contribution in [0.15, 0.2) is 0 Å². The van der Waals surface area contributed by atoms with Gasteiger partial charge in [0.1, 0.15) is 0 Å². The van der Waals surface area contributed by atoms with Gasteiger partial charge in [-0.1, -0.05) is 6.92 Å². The third-order valence-electron chi connectivity index (χ3n) is 4.21. The minimum Gasteiger partial charge on any atom is -0.378 e. The standard InChI is InChI=1S/C15H28N2O2/c1-2-8-16-13-6-9-17(10-7-13)15(18)12-14-5-3-4-11-19-14/h13-14,16H,2-12H2,1H3. The zero-order valence-corrected chi connectivity index (χ0v) is 12.2. The van der Waals surface area contributed by atoms with Crippen LogP contribution < -0.4 is 5.32 Å². The predicted molar refractivity (Wildman–Crippen MR) is 76.1 cm³/mol. The number of carbonyl (C=O) groups excluding carboxylic acids is 1. The van der Waals surface area contributed by atoms with Crippen molar-refractivity contribution in [3.05, 3.63) is 0 Å². The van der Waals surface area contributed by atoms with Crippen LogP contribution in [0.3, 0.4) is 0 Å². The average molecular weight is 268 g/mol. The number of ether oxygens (including phenoxy) is 1. The number of amides is 1. The highest BCUT2D eigenvalue weighted by Gasteiger charge is 2.25. The van der Waals surface area contributed by atoms with Crippen LogP contribution in [0.4, 0.5) is 0 Å². The molecule has 0 bridgehead atoms. The Balaban J connectivity index is 1.67. The SMILES string of the molecule is CCCNC1CCN(C(=O)CC2CCCCO2)CC1. The average Bonchev–Trinajstić information content (AvgIpc) is 2.46. The molecule has 0 aromatic heterocycles. The molecule has 2 fully saturated rings. The zero-order valence-electron chi connectivity index (χ0n) is 12.2. The maximum absolute atomic E-state index is 12.2. The lowest BCUT2D eigenvalue weighted by atomic mass is 10.0. The molecule has 19 heavy (non-hydrogen) atoms. The number of nitrogens with zero attached hydrogens (tertiary/aromatic N) is 1. The van der Waals surface area contributed by atoms with E-state index in [9.17, 15) is 4.79 Å². The molecule has 4 heteroatoms. The van der Waals surface area contributed by atoms with Crippen LogP contribution in [-0.4, -0.2) is 49.2 Å². The molecule has 2 aliphatic heterocycles. The molecule has 0 spiro atoms. The van der Waals surface area contributed by atoms with E-state index in [1.807, 2.05) is 4.90 Å². The fourth-order valence-electron chi connectivity index (χ4n) is 2.97. The summed E-state index contributed by atoms with van der Waals surface area (Å²) in [4.78, 5) is 14.2. The van der Waals surface area contributed by atoms with Crippen molar-refractivity contribution in [2.75, 3.05) is 26.2 Å². The number of piperidine rings is 1. The Kier molecular flexibility index (Phi) is 6.11. The molecule has 1 atom stereocenters. The first kappa shape index (κ1) is 14.8. The molecule has 1 unspecified atom stereocenters. The van der Waals surface area contributed by atoms with Gasteiger partial charge in [-0.05, 0) is 45.1 Å². The Bertz CT molecular complexity index is 269. The highest BCUT2D eigenvalue weighted by Crippen LogP contribution is 2.18. The van der Waals surface area contributed by atoms with Crippen molar-refractivity contribution in [3.63, 3.8) is 0 Å². The summed E-state index contributed by atoms with van der Waals surface area (Å²) in [6.45, 7) is 5.94. The maximum atomic E-state index is 12.2. The Morgan fingerprint density at radius 3 is 2.68 bits per heavy atom. The molecule has 1 amide bonds. The normalized spacial score (nSPS) is 25.5. The van der Waals surface area contributed by atoms with Gasteiger partial charge in [0.2, 0.25) is 5.91 Å². The summed E-state index contributed by atoms with van der Waals surface area (Å²) in [7, 11) is 0. The van der Waals surface area contributed by atoms with Crippen LogP contribution in [-0.2, 0) is 9.53 Å². The number of likely N-dealkylation sites (tertiary alicyclic amines) is 1. The van der Waals surface area contributed by atoms with E-state index in [1.54, 1.807) is 0 Å². The Hall–Kier alpha value is -0.610. The van der Waals surface area contributed by atoms with Gasteiger partial charge in [-0.15, -0.1) is 0 Å². The topological polar surface area (TPSA) is 41.6 Å². The van der Waals surface area contributed by atoms with E-state index in [2.05, 4.69) is 12.2 Å². The molecule has 0 saturated carbocycles. The summed E-state index contributed by atoms with van der Waals surface area (Å²) in [6, 6.07) is 0.606. The van der Waals surface area contributed by atoms with Crippen LogP contribution in [0.2, 0.25) is 0 Å². The summed E-state index contributed by atoms with van der Waals surface area (Å²) in [5, 5.41) is 3.55. The quantitative estimate of drug-likeness (QED) is 0.828. The summed E-state index contributed by atoms with van der Waals surface area (Å²) in [5.41, 5.74) is 0. The number of carbonyl (C=O) groups is 1. The van der Waals surface area contributed by atoms with Gasteiger partial charge in [0.05, 0.1) is 12.5 Å². The molecular weight excluding hydrogens is 240 g/mol. The van der Waals surface area contributed by atoms with Crippen molar-refractivity contribution < 1.29 is 9.53 Å². The van der Waals surface area contributed by atoms with E-state index < -0.39 is 0 Å². The van der Waals surface area contributed by atoms with Gasteiger partial charge < -0.3 is 15.0 Å². The number of nitrogens with one attached hydrogen (secondary N) is 1. The van der Waals surface area contributed by atoms with Gasteiger partial charge in [-0.2, -0.15) is 0 Å². The lowest BCUT2D eigenvalue weighted by molar-refractivity contribution is -0.136. The molecule has 4 nitrogen and oxygen atoms in total. The first-order valence-electron chi connectivity index (χ1n) is 7.92. The molecule has 0 radical (unpaired) electrons. The summed E-state index contributed by atoms with van der Waals surface area (Å²) in [5.74, 6) is 0.292. The molecule has 0 aromatic carbocycles. The van der Waals surface area contributed by atoms with E-state index in [4.69, 9.17) is 4.74 Å². The van der Waals surface area contributed by atoms with Crippen LogP contribution in [0.25, 0.3) is 0 Å². The second kappa shape index (κ2) is 7.85. The molecule has 110 valence electrons. The maximum Gasteiger partial charge on any atom is 0.225 e. The zero-order chi connectivity index (χ0) is 13.5. The van der Waals surface area contributed by atoms with E-state index >= 15 is 0 Å². The first-order chi connectivity index (χ1) is 9.29. The lowest BCUT2D eigenvalue weighted by Crippen LogP contribution is -2.46. The number of hydrogen-bond acceptors (Lipinski definition) is 3. The molecule has 2 saturated heterocycles. The minimum absolute atomic E-state index is 0.178. The van der Waals surface area contributed by atoms with Gasteiger partial charge in [-0.3, -0.25) is 4.79 Å². The van der Waals surface area contributed by atoms with Crippen LogP contribution in [0.1, 0.15) is 51.9 Å². The monoisotopic (exact) mass is 268 g/mol. The predicted octanol–water partition coefficient (Wildman–Crippen LogP) is 1.94. The third kappa shape index (κ3) is 4.77. The van der Waals surface area contributed by atoms with Crippen molar-refractivity contribution in [2.24, 2.45) is 0 Å². The Labute approximate surface area is 116 Å². The van der Waals surface area contributed by atoms with E-state index in [0.29, 0.717) is 18.4 Å². The van der Waals surface area contributed by atoms with E-state index in [1.165, 1.54) is 12.8 Å². The fraction of sp³-hybridized carbons (Fsp3) is 0.933. The third-order valence-corrected chi connectivity index (χ3v) is 4.21. The molecule has 0 aliphatic carbocycles. The summed E-state index contributed by atoms with van der Waals surface area (Å²) >= 11 is 0. The highest BCUT2D eigenvalue weighted by atomic mass is 16.5. The van der Waals surface area contributed by atoms with Gasteiger partial charge in [0.25, 0.3) is 0 Å². The molecule has 1 N–H and O–H groups in total. The van der Waals surface area contributed by atoms with Crippen LogP contribution >= 0.6 is 0 Å². The second-order valence-electron chi connectivity index (χ2n) is 5.80. The number of rotatable bonds is 5. The fourth-order valence-corrected chi connectivity index (χ4v) is 2.97. The molecular formula is C15H28N2O2. The minimum atomic E-state index is 0.178. The number of hydrogen-bond donors (Lipinski definition) is 1. The van der Waals surface area contributed by atoms with Crippen molar-refractivity contribution >= 4 is 5.91 Å². The summed E-state index contributed by atoms with van der Waals surface area (Å²) < 4.78 is 5.65. The first-order valence-corrected chi connectivity index (χ1v) is 7.92. The van der Waals surface area contributed by atoms with Gasteiger partial charge in [0, 0.05) is 25.7 Å². The van der Waals surface area contributed by atoms with Crippen molar-refractivity contribution in [2.45, 2.75) is 64.0 Å². The van der Waals surface area contributed by atoms with Crippen LogP contribution in [0.5, 0.6) is 0 Å². The van der Waals surface area contributed by atoms with Crippen molar-refractivity contribution in [3.8, 4) is 0 Å². The van der Waals surface area contributed by atoms with Crippen molar-refractivity contribution in [1.29, 1.82) is 0 Å². The lowest BCUT2D eigenvalue weighted by Gasteiger charge is -2.33. The van der Waals surface area contributed by atoms with Crippen LogP contribution in [0, 0.1) is 0 Å². The molecule has 0 aromatic rings. The summed E-state index contributed by atoms with van der Waals surface area (Å²) in [6.07, 6.45) is 7.55. The molecule has 2 heterocycles. The van der Waals surface area contributed by atoms with Gasteiger partial charge >= 0.3 is 0 Å².